The maximum atomic E-state index is 13.3. The third-order valence-electron chi connectivity index (χ3n) is 7.17. The molecule has 1 amide bonds. The van der Waals surface area contributed by atoms with Gasteiger partial charge in [0.05, 0.1) is 16.8 Å². The monoisotopic (exact) mass is 520 g/mol. The molecule has 1 aliphatic heterocycles. The smallest absolute Gasteiger partial charge is 0.253 e. The average Bonchev–Trinajstić information content (AvgIpc) is 3.30. The van der Waals surface area contributed by atoms with E-state index in [0.717, 1.165) is 39.6 Å². The molecule has 2 aromatic heterocycles. The van der Waals surface area contributed by atoms with Crippen molar-refractivity contribution in [3.8, 4) is 5.69 Å². The van der Waals surface area contributed by atoms with Crippen molar-refractivity contribution >= 4 is 22.8 Å². The number of hydrogen-bond acceptors (Lipinski definition) is 5. The zero-order valence-electron chi connectivity index (χ0n) is 22.0. The number of rotatable bonds is 5. The first-order chi connectivity index (χ1) is 19.0. The van der Waals surface area contributed by atoms with Gasteiger partial charge in [0.25, 0.3) is 5.91 Å². The molecule has 5 aromatic rings. The summed E-state index contributed by atoms with van der Waals surface area (Å²) in [5.74, 6) is 1.13. The lowest BCUT2D eigenvalue weighted by molar-refractivity contribution is 0.0746. The van der Waals surface area contributed by atoms with E-state index in [2.05, 4.69) is 36.1 Å². The molecule has 8 heteroatoms. The van der Waals surface area contributed by atoms with Crippen LogP contribution < -0.4 is 4.90 Å². The van der Waals surface area contributed by atoms with E-state index < -0.39 is 0 Å². The molecule has 7 nitrogen and oxygen atoms in total. The second-order valence-electron chi connectivity index (χ2n) is 9.94. The fourth-order valence-electron chi connectivity index (χ4n) is 5.05. The van der Waals surface area contributed by atoms with Crippen molar-refractivity contribution in [1.82, 2.24) is 24.6 Å². The number of benzene rings is 3. The van der Waals surface area contributed by atoms with Gasteiger partial charge in [-0.15, -0.1) is 0 Å². The normalized spacial score (nSPS) is 13.7. The number of halogens is 1. The highest BCUT2D eigenvalue weighted by atomic mass is 19.1. The highest BCUT2D eigenvalue weighted by Crippen LogP contribution is 2.30. The van der Waals surface area contributed by atoms with E-state index in [1.165, 1.54) is 29.8 Å². The highest BCUT2D eigenvalue weighted by molar-refractivity contribution is 5.95. The maximum absolute atomic E-state index is 13.3. The van der Waals surface area contributed by atoms with Crippen molar-refractivity contribution in [2.75, 3.05) is 31.1 Å². The molecule has 0 unspecified atom stereocenters. The number of carbonyl (C=O) groups is 1. The molecule has 1 saturated heterocycles. The number of para-hydroxylation sites is 1. The van der Waals surface area contributed by atoms with Crippen LogP contribution in [-0.2, 0) is 6.42 Å². The van der Waals surface area contributed by atoms with Crippen LogP contribution in [0.4, 0.5) is 10.2 Å². The molecule has 3 heterocycles. The Balaban J connectivity index is 1.35. The molecule has 1 fully saturated rings. The van der Waals surface area contributed by atoms with Gasteiger partial charge in [-0.1, -0.05) is 48.0 Å². The first-order valence-corrected chi connectivity index (χ1v) is 13.1. The summed E-state index contributed by atoms with van der Waals surface area (Å²) in [6.45, 7) is 6.40. The van der Waals surface area contributed by atoms with Gasteiger partial charge in [0.15, 0.2) is 5.65 Å². The summed E-state index contributed by atoms with van der Waals surface area (Å²) in [4.78, 5) is 27.1. The number of fused-ring (bicyclic) bond motifs is 1. The van der Waals surface area contributed by atoms with Crippen LogP contribution in [0.1, 0.15) is 33.0 Å². The molecular weight excluding hydrogens is 491 g/mol. The molecule has 0 saturated carbocycles. The van der Waals surface area contributed by atoms with Gasteiger partial charge in [0.2, 0.25) is 0 Å². The second kappa shape index (κ2) is 10.3. The van der Waals surface area contributed by atoms with Gasteiger partial charge in [-0.05, 0) is 55.8 Å². The number of hydrogen-bond donors (Lipinski definition) is 0. The lowest BCUT2D eigenvalue weighted by Crippen LogP contribution is -2.49. The summed E-state index contributed by atoms with van der Waals surface area (Å²) >= 11 is 0. The van der Waals surface area contributed by atoms with Gasteiger partial charge in [0.1, 0.15) is 17.5 Å². The summed E-state index contributed by atoms with van der Waals surface area (Å²) in [5.41, 5.74) is 5.42. The van der Waals surface area contributed by atoms with Crippen LogP contribution in [-0.4, -0.2) is 56.7 Å². The van der Waals surface area contributed by atoms with E-state index in [-0.39, 0.29) is 11.7 Å². The van der Waals surface area contributed by atoms with Crippen molar-refractivity contribution in [2.24, 2.45) is 0 Å². The molecule has 0 N–H and O–H groups in total. The topological polar surface area (TPSA) is 67.2 Å². The zero-order chi connectivity index (χ0) is 26.9. The molecule has 6 rings (SSSR count). The van der Waals surface area contributed by atoms with E-state index in [9.17, 15) is 9.18 Å². The summed E-state index contributed by atoms with van der Waals surface area (Å²) in [6.07, 6.45) is 0.602. The molecule has 1 aliphatic rings. The lowest BCUT2D eigenvalue weighted by atomic mass is 10.1. The Kier molecular flexibility index (Phi) is 6.52. The molecular formula is C31H29FN6O. The Bertz CT molecular complexity index is 1620. The molecule has 0 bridgehead atoms. The van der Waals surface area contributed by atoms with Crippen molar-refractivity contribution in [3.63, 3.8) is 0 Å². The fraction of sp³-hybridized carbons (Fsp3) is 0.226. The molecule has 39 heavy (non-hydrogen) atoms. The van der Waals surface area contributed by atoms with Crippen LogP contribution in [0, 0.1) is 19.7 Å². The summed E-state index contributed by atoms with van der Waals surface area (Å²) in [6, 6.07) is 24.2. The predicted octanol–water partition coefficient (Wildman–Crippen LogP) is 5.12. The summed E-state index contributed by atoms with van der Waals surface area (Å²) in [7, 11) is 0. The maximum Gasteiger partial charge on any atom is 0.253 e. The number of nitrogens with zero attached hydrogens (tertiary/aromatic N) is 6. The highest BCUT2D eigenvalue weighted by Gasteiger charge is 2.27. The van der Waals surface area contributed by atoms with Gasteiger partial charge < -0.3 is 9.80 Å². The first kappa shape index (κ1) is 24.7. The Morgan fingerprint density at radius 1 is 0.846 bits per heavy atom. The van der Waals surface area contributed by atoms with Gasteiger partial charge in [0, 0.05) is 38.2 Å². The molecule has 196 valence electrons. The van der Waals surface area contributed by atoms with Gasteiger partial charge >= 0.3 is 0 Å². The number of aryl methyl sites for hydroxylation is 2. The molecule has 0 atom stereocenters. The van der Waals surface area contributed by atoms with E-state index in [0.29, 0.717) is 38.2 Å². The van der Waals surface area contributed by atoms with Crippen LogP contribution in [0.25, 0.3) is 16.7 Å². The second-order valence-corrected chi connectivity index (χ2v) is 9.94. The number of anilines is 1. The average molecular weight is 521 g/mol. The van der Waals surface area contributed by atoms with Crippen LogP contribution >= 0.6 is 0 Å². The fourth-order valence-corrected chi connectivity index (χ4v) is 5.05. The number of amides is 1. The van der Waals surface area contributed by atoms with Crippen molar-refractivity contribution < 1.29 is 9.18 Å². The number of carbonyl (C=O) groups excluding carboxylic acids is 1. The first-order valence-electron chi connectivity index (χ1n) is 13.1. The van der Waals surface area contributed by atoms with Crippen LogP contribution in [0.3, 0.4) is 0 Å². The molecule has 0 aliphatic carbocycles. The Hall–Kier alpha value is -4.59. The number of aromatic nitrogens is 4. The zero-order valence-corrected chi connectivity index (χ0v) is 22.0. The van der Waals surface area contributed by atoms with Crippen molar-refractivity contribution in [2.45, 2.75) is 20.3 Å². The Labute approximate surface area is 226 Å². The third-order valence-corrected chi connectivity index (χ3v) is 7.17. The van der Waals surface area contributed by atoms with E-state index in [4.69, 9.17) is 15.1 Å². The predicted molar refractivity (Wildman–Crippen MR) is 150 cm³/mol. The summed E-state index contributed by atoms with van der Waals surface area (Å²) < 4.78 is 15.2. The minimum absolute atomic E-state index is 0.0874. The molecule has 3 aromatic carbocycles. The van der Waals surface area contributed by atoms with Crippen LogP contribution in [0.15, 0.2) is 78.9 Å². The standard InChI is InChI=1S/C31H29FN6O/c1-21-8-10-23(11-9-21)20-27-33-29(28-22(2)35-38(30(28)34-27)26-6-4-3-5-7-26)36-16-18-37(19-17-36)31(39)24-12-14-25(32)15-13-24/h3-15H,16-20H2,1-2H3. The lowest BCUT2D eigenvalue weighted by Gasteiger charge is -2.35. The molecule has 0 radical (unpaired) electrons. The van der Waals surface area contributed by atoms with Gasteiger partial charge in [-0.2, -0.15) is 5.10 Å². The summed E-state index contributed by atoms with van der Waals surface area (Å²) in [5, 5.41) is 5.78. The largest absolute Gasteiger partial charge is 0.352 e. The van der Waals surface area contributed by atoms with Crippen molar-refractivity contribution in [1.29, 1.82) is 0 Å². The van der Waals surface area contributed by atoms with E-state index in [1.807, 2.05) is 46.8 Å². The Morgan fingerprint density at radius 2 is 1.54 bits per heavy atom. The van der Waals surface area contributed by atoms with Crippen LogP contribution in [0.2, 0.25) is 0 Å². The van der Waals surface area contributed by atoms with Gasteiger partial charge in [-0.25, -0.2) is 19.0 Å². The minimum atomic E-state index is -0.350. The Morgan fingerprint density at radius 3 is 2.23 bits per heavy atom. The van der Waals surface area contributed by atoms with Crippen LogP contribution in [0.5, 0.6) is 0 Å². The SMILES string of the molecule is Cc1ccc(Cc2nc(N3CCN(C(=O)c4ccc(F)cc4)CC3)c3c(C)nn(-c4ccccc4)c3n2)cc1. The van der Waals surface area contributed by atoms with Gasteiger partial charge in [-0.3, -0.25) is 4.79 Å². The number of piperazine rings is 1. The van der Waals surface area contributed by atoms with Crippen molar-refractivity contribution in [3.05, 3.63) is 113 Å². The third kappa shape index (κ3) is 4.97. The molecule has 0 spiro atoms. The van der Waals surface area contributed by atoms with E-state index >= 15 is 0 Å². The minimum Gasteiger partial charge on any atom is -0.352 e. The quantitative estimate of drug-likeness (QED) is 0.322. The van der Waals surface area contributed by atoms with E-state index in [1.54, 1.807) is 0 Å².